The SMILES string of the molecule is CCOC(=O)N1CCN(c2nc3c(c(=O)n(C)c(=O)n3C)n2CCSc2nc3ccccc3s2)CC1. The normalized spacial score (nSPS) is 14.2. The lowest BCUT2D eigenvalue weighted by atomic mass is 10.3. The first-order chi connectivity index (χ1) is 17.4. The van der Waals surface area contributed by atoms with E-state index in [-0.39, 0.29) is 11.7 Å². The van der Waals surface area contributed by atoms with E-state index in [1.807, 2.05) is 22.8 Å². The monoisotopic (exact) mass is 529 g/mol. The minimum atomic E-state index is -0.417. The zero-order valence-electron chi connectivity index (χ0n) is 20.3. The molecular weight excluding hydrogens is 502 g/mol. The Morgan fingerprint density at radius 2 is 1.83 bits per heavy atom. The number of fused-ring (bicyclic) bond motifs is 2. The summed E-state index contributed by atoms with van der Waals surface area (Å²) in [6, 6.07) is 8.03. The molecule has 0 N–H and O–H groups in total. The maximum Gasteiger partial charge on any atom is 0.409 e. The van der Waals surface area contributed by atoms with Crippen LogP contribution in [0.15, 0.2) is 38.2 Å². The van der Waals surface area contributed by atoms with Crippen molar-refractivity contribution in [2.45, 2.75) is 17.8 Å². The van der Waals surface area contributed by atoms with E-state index in [0.29, 0.717) is 62.2 Å². The molecule has 4 aromatic rings. The van der Waals surface area contributed by atoms with E-state index in [9.17, 15) is 14.4 Å². The third-order valence-corrected chi connectivity index (χ3v) is 8.39. The summed E-state index contributed by atoms with van der Waals surface area (Å²) in [6.07, 6.45) is -0.325. The van der Waals surface area contributed by atoms with E-state index in [2.05, 4.69) is 16.0 Å². The number of thiazole rings is 1. The molecule has 13 heteroatoms. The van der Waals surface area contributed by atoms with Crippen LogP contribution in [-0.2, 0) is 25.4 Å². The van der Waals surface area contributed by atoms with Crippen molar-refractivity contribution in [2.24, 2.45) is 14.1 Å². The van der Waals surface area contributed by atoms with Gasteiger partial charge in [0.25, 0.3) is 5.56 Å². The molecule has 0 spiro atoms. The van der Waals surface area contributed by atoms with E-state index in [1.54, 1.807) is 42.0 Å². The highest BCUT2D eigenvalue weighted by Gasteiger charge is 2.27. The number of rotatable bonds is 6. The fraction of sp³-hybridized carbons (Fsp3) is 0.435. The summed E-state index contributed by atoms with van der Waals surface area (Å²) in [4.78, 5) is 51.0. The number of imidazole rings is 1. The second-order valence-electron chi connectivity index (χ2n) is 8.41. The molecule has 1 aliphatic rings. The third kappa shape index (κ3) is 4.37. The van der Waals surface area contributed by atoms with Crippen LogP contribution in [-0.4, -0.2) is 73.2 Å². The van der Waals surface area contributed by atoms with Crippen LogP contribution in [0.25, 0.3) is 21.4 Å². The summed E-state index contributed by atoms with van der Waals surface area (Å²) in [5.41, 5.74) is 0.937. The molecule has 4 heterocycles. The van der Waals surface area contributed by atoms with E-state index in [4.69, 9.17) is 9.72 Å². The highest BCUT2D eigenvalue weighted by Crippen LogP contribution is 2.30. The fourth-order valence-corrected chi connectivity index (χ4v) is 6.39. The number of hydrogen-bond donors (Lipinski definition) is 0. The molecule has 0 atom stereocenters. The topological polar surface area (TPSA) is 107 Å². The Labute approximate surface area is 214 Å². The molecule has 0 bridgehead atoms. The molecule has 1 fully saturated rings. The van der Waals surface area contributed by atoms with Crippen LogP contribution >= 0.6 is 23.1 Å². The smallest absolute Gasteiger partial charge is 0.409 e. The average Bonchev–Trinajstić information content (AvgIpc) is 3.48. The summed E-state index contributed by atoms with van der Waals surface area (Å²) in [7, 11) is 3.11. The summed E-state index contributed by atoms with van der Waals surface area (Å²) in [5, 5.41) is 0. The Hall–Kier alpha value is -3.32. The van der Waals surface area contributed by atoms with Crippen LogP contribution in [0.2, 0.25) is 0 Å². The maximum atomic E-state index is 13.2. The predicted octanol–water partition coefficient (Wildman–Crippen LogP) is 2.11. The van der Waals surface area contributed by atoms with Crippen LogP contribution < -0.4 is 16.1 Å². The van der Waals surface area contributed by atoms with Gasteiger partial charge in [0.2, 0.25) is 5.95 Å². The number of aryl methyl sites for hydroxylation is 2. The standard InChI is InChI=1S/C23H27N7O4S2/c1-4-34-23(33)29-11-9-28(10-12-29)20-25-18-17(19(31)27(3)22(32)26(18)2)30(20)13-14-35-21-24-15-7-5-6-8-16(15)36-21/h5-8H,4,9-14H2,1-3H3. The van der Waals surface area contributed by atoms with Crippen molar-refractivity contribution in [3.8, 4) is 0 Å². The van der Waals surface area contributed by atoms with Crippen LogP contribution in [0, 0.1) is 0 Å². The number of amides is 1. The van der Waals surface area contributed by atoms with Gasteiger partial charge in [0.15, 0.2) is 15.5 Å². The number of thioether (sulfide) groups is 1. The lowest BCUT2D eigenvalue weighted by Crippen LogP contribution is -2.49. The van der Waals surface area contributed by atoms with Gasteiger partial charge in [0, 0.05) is 52.6 Å². The minimum absolute atomic E-state index is 0.325. The van der Waals surface area contributed by atoms with Crippen LogP contribution in [0.5, 0.6) is 0 Å². The lowest BCUT2D eigenvalue weighted by molar-refractivity contribution is 0.105. The van der Waals surface area contributed by atoms with E-state index >= 15 is 0 Å². The van der Waals surface area contributed by atoms with E-state index < -0.39 is 5.69 Å². The highest BCUT2D eigenvalue weighted by atomic mass is 32.2. The number of hydrogen-bond acceptors (Lipinski definition) is 9. The largest absolute Gasteiger partial charge is 0.450 e. The van der Waals surface area contributed by atoms with Gasteiger partial charge in [-0.2, -0.15) is 4.98 Å². The number of carbonyl (C=O) groups is 1. The van der Waals surface area contributed by atoms with E-state index in [1.165, 1.54) is 11.6 Å². The number of piperazine rings is 1. The molecular formula is C23H27N7O4S2. The minimum Gasteiger partial charge on any atom is -0.450 e. The predicted molar refractivity (Wildman–Crippen MR) is 141 cm³/mol. The van der Waals surface area contributed by atoms with Gasteiger partial charge in [-0.15, -0.1) is 11.3 Å². The molecule has 11 nitrogen and oxygen atoms in total. The highest BCUT2D eigenvalue weighted by molar-refractivity contribution is 8.01. The van der Waals surface area contributed by atoms with Crippen LogP contribution in [0.3, 0.4) is 0 Å². The Bertz CT molecular complexity index is 1510. The van der Waals surface area contributed by atoms with Crippen molar-refractivity contribution >= 4 is 56.5 Å². The zero-order valence-corrected chi connectivity index (χ0v) is 22.0. The van der Waals surface area contributed by atoms with E-state index in [0.717, 1.165) is 19.1 Å². The molecule has 1 aromatic carbocycles. The number of carbonyl (C=O) groups excluding carboxylic acids is 1. The van der Waals surface area contributed by atoms with Gasteiger partial charge < -0.3 is 19.1 Å². The van der Waals surface area contributed by atoms with Crippen molar-refractivity contribution in [3.05, 3.63) is 45.1 Å². The Morgan fingerprint density at radius 3 is 2.56 bits per heavy atom. The summed E-state index contributed by atoms with van der Waals surface area (Å²) >= 11 is 3.27. The van der Waals surface area contributed by atoms with Crippen molar-refractivity contribution in [1.29, 1.82) is 0 Å². The van der Waals surface area contributed by atoms with Gasteiger partial charge in [0.05, 0.1) is 16.8 Å². The molecule has 36 heavy (non-hydrogen) atoms. The molecule has 190 valence electrons. The van der Waals surface area contributed by atoms with Crippen LogP contribution in [0.1, 0.15) is 6.92 Å². The maximum absolute atomic E-state index is 13.2. The van der Waals surface area contributed by atoms with Gasteiger partial charge in [-0.25, -0.2) is 14.6 Å². The number of aromatic nitrogens is 5. The Kier molecular flexibility index (Phi) is 6.75. The first-order valence-electron chi connectivity index (χ1n) is 11.7. The number of nitrogens with zero attached hydrogens (tertiary/aromatic N) is 7. The van der Waals surface area contributed by atoms with Crippen LogP contribution in [0.4, 0.5) is 10.7 Å². The third-order valence-electron chi connectivity index (χ3n) is 6.23. The molecule has 1 aliphatic heterocycles. The second-order valence-corrected chi connectivity index (χ2v) is 10.8. The molecule has 5 rings (SSSR count). The van der Waals surface area contributed by atoms with Gasteiger partial charge in [-0.1, -0.05) is 23.9 Å². The summed E-state index contributed by atoms with van der Waals surface area (Å²) in [6.45, 7) is 4.69. The van der Waals surface area contributed by atoms with Gasteiger partial charge >= 0.3 is 11.8 Å². The van der Waals surface area contributed by atoms with Crippen molar-refractivity contribution < 1.29 is 9.53 Å². The molecule has 0 radical (unpaired) electrons. The molecule has 3 aromatic heterocycles. The van der Waals surface area contributed by atoms with Gasteiger partial charge in [-0.05, 0) is 19.1 Å². The first kappa shape index (κ1) is 24.4. The lowest BCUT2D eigenvalue weighted by Gasteiger charge is -2.34. The van der Waals surface area contributed by atoms with Gasteiger partial charge in [-0.3, -0.25) is 13.9 Å². The van der Waals surface area contributed by atoms with Crippen molar-refractivity contribution in [3.63, 3.8) is 0 Å². The first-order valence-corrected chi connectivity index (χ1v) is 13.5. The molecule has 0 aliphatic carbocycles. The molecule has 1 amide bonds. The number of ether oxygens (including phenoxy) is 1. The average molecular weight is 530 g/mol. The Balaban J connectivity index is 1.45. The van der Waals surface area contributed by atoms with Crippen molar-refractivity contribution in [2.75, 3.05) is 43.4 Å². The number of benzene rings is 1. The van der Waals surface area contributed by atoms with Crippen molar-refractivity contribution in [1.82, 2.24) is 28.6 Å². The second kappa shape index (κ2) is 9.97. The quantitative estimate of drug-likeness (QED) is 0.350. The zero-order chi connectivity index (χ0) is 25.4. The number of para-hydroxylation sites is 1. The fourth-order valence-electron chi connectivity index (χ4n) is 4.33. The molecule has 0 unspecified atom stereocenters. The Morgan fingerprint density at radius 1 is 1.08 bits per heavy atom. The molecule has 1 saturated heterocycles. The summed E-state index contributed by atoms with van der Waals surface area (Å²) < 4.78 is 11.7. The summed E-state index contributed by atoms with van der Waals surface area (Å²) in [5.74, 6) is 1.30. The van der Waals surface area contributed by atoms with Gasteiger partial charge in [0.1, 0.15) is 0 Å². The number of anilines is 1. The molecule has 0 saturated carbocycles.